The zero-order valence-corrected chi connectivity index (χ0v) is 14.4. The van der Waals surface area contributed by atoms with Crippen LogP contribution in [0.25, 0.3) is 0 Å². The molecule has 0 saturated carbocycles. The molecule has 2 fully saturated rings. The number of hydrogen-bond acceptors (Lipinski definition) is 3. The Morgan fingerprint density at radius 2 is 1.90 bits per heavy atom. The number of aryl methyl sites for hydroxylation is 2. The number of likely N-dealkylation sites (tertiary alicyclic amines) is 1. The fourth-order valence-electron chi connectivity index (χ4n) is 4.02. The maximum absolute atomic E-state index is 4.65. The minimum Gasteiger partial charge on any atom is -0.317 e. The van der Waals surface area contributed by atoms with Crippen LogP contribution in [0.4, 0.5) is 0 Å². The smallest absolute Gasteiger partial charge is 0.0641 e. The lowest BCUT2D eigenvalue weighted by Crippen LogP contribution is -2.38. The highest BCUT2D eigenvalue weighted by molar-refractivity contribution is 5.85. The molecule has 1 aromatic rings. The summed E-state index contributed by atoms with van der Waals surface area (Å²) in [6.07, 6.45) is 4.10. The molecular formula is C16H29ClN4. The van der Waals surface area contributed by atoms with Gasteiger partial charge in [0.2, 0.25) is 0 Å². The molecule has 120 valence electrons. The fraction of sp³-hybridized carbons (Fsp3) is 0.812. The first-order chi connectivity index (χ1) is 9.63. The molecule has 0 bridgehead atoms. The van der Waals surface area contributed by atoms with Crippen molar-refractivity contribution in [1.29, 1.82) is 0 Å². The molecular weight excluding hydrogens is 284 g/mol. The van der Waals surface area contributed by atoms with Crippen LogP contribution < -0.4 is 5.32 Å². The van der Waals surface area contributed by atoms with Gasteiger partial charge in [0, 0.05) is 30.9 Å². The number of piperidine rings is 1. The van der Waals surface area contributed by atoms with Crippen molar-refractivity contribution >= 4 is 12.4 Å². The lowest BCUT2D eigenvalue weighted by molar-refractivity contribution is 0.193. The second-order valence-corrected chi connectivity index (χ2v) is 6.68. The molecule has 0 radical (unpaired) electrons. The first-order valence-electron chi connectivity index (χ1n) is 8.09. The average molecular weight is 313 g/mol. The first kappa shape index (κ1) is 16.8. The number of rotatable bonds is 3. The molecule has 3 rings (SSSR count). The Labute approximate surface area is 134 Å². The maximum atomic E-state index is 4.65. The zero-order chi connectivity index (χ0) is 14.2. The fourth-order valence-corrected chi connectivity index (χ4v) is 4.02. The summed E-state index contributed by atoms with van der Waals surface area (Å²) in [5.41, 5.74) is 4.64. The summed E-state index contributed by atoms with van der Waals surface area (Å²) in [5, 5.41) is 8.15. The molecule has 0 atom stereocenters. The van der Waals surface area contributed by atoms with E-state index in [0.717, 1.165) is 13.1 Å². The minimum absolute atomic E-state index is 0. The van der Waals surface area contributed by atoms with Crippen molar-refractivity contribution in [3.63, 3.8) is 0 Å². The lowest BCUT2D eigenvalue weighted by Gasteiger charge is -2.34. The van der Waals surface area contributed by atoms with Gasteiger partial charge < -0.3 is 5.32 Å². The van der Waals surface area contributed by atoms with E-state index < -0.39 is 0 Å². The predicted octanol–water partition coefficient (Wildman–Crippen LogP) is 2.52. The summed E-state index contributed by atoms with van der Waals surface area (Å²) in [5.74, 6) is 0. The van der Waals surface area contributed by atoms with Crippen LogP contribution in [0, 0.1) is 19.3 Å². The summed E-state index contributed by atoms with van der Waals surface area (Å²) in [6.45, 7) is 13.6. The molecule has 1 aromatic heterocycles. The molecule has 2 aliphatic heterocycles. The van der Waals surface area contributed by atoms with Gasteiger partial charge in [-0.1, -0.05) is 0 Å². The van der Waals surface area contributed by atoms with Gasteiger partial charge in [-0.25, -0.2) is 0 Å². The van der Waals surface area contributed by atoms with Crippen LogP contribution in [-0.4, -0.2) is 40.9 Å². The van der Waals surface area contributed by atoms with Gasteiger partial charge in [-0.2, -0.15) is 5.10 Å². The van der Waals surface area contributed by atoms with Crippen molar-refractivity contribution in [2.24, 2.45) is 5.41 Å². The number of nitrogens with zero attached hydrogens (tertiary/aromatic N) is 3. The van der Waals surface area contributed by atoms with Crippen molar-refractivity contribution in [3.05, 3.63) is 17.0 Å². The summed E-state index contributed by atoms with van der Waals surface area (Å²) < 4.78 is 2.14. The van der Waals surface area contributed by atoms with Gasteiger partial charge >= 0.3 is 0 Å². The second kappa shape index (κ2) is 6.67. The quantitative estimate of drug-likeness (QED) is 0.931. The molecule has 0 aliphatic carbocycles. The average Bonchev–Trinajstić information content (AvgIpc) is 2.96. The highest BCUT2D eigenvalue weighted by atomic mass is 35.5. The van der Waals surface area contributed by atoms with Gasteiger partial charge in [-0.05, 0) is 65.1 Å². The van der Waals surface area contributed by atoms with Crippen LogP contribution in [0.5, 0.6) is 0 Å². The minimum atomic E-state index is 0. The molecule has 1 N–H and O–H groups in total. The van der Waals surface area contributed by atoms with Gasteiger partial charge in [0.05, 0.1) is 5.69 Å². The van der Waals surface area contributed by atoms with Crippen LogP contribution >= 0.6 is 12.4 Å². The molecule has 0 unspecified atom stereocenters. The third kappa shape index (κ3) is 3.27. The van der Waals surface area contributed by atoms with Gasteiger partial charge in [-0.15, -0.1) is 12.4 Å². The summed E-state index contributed by atoms with van der Waals surface area (Å²) in [7, 11) is 0. The normalized spacial score (nSPS) is 21.7. The molecule has 4 nitrogen and oxygen atoms in total. The van der Waals surface area contributed by atoms with Crippen LogP contribution in [0.2, 0.25) is 0 Å². The highest BCUT2D eigenvalue weighted by Crippen LogP contribution is 2.39. The third-order valence-electron chi connectivity index (χ3n) is 5.39. The van der Waals surface area contributed by atoms with E-state index in [1.165, 1.54) is 62.4 Å². The predicted molar refractivity (Wildman–Crippen MR) is 89.1 cm³/mol. The Balaban J connectivity index is 0.00000161. The van der Waals surface area contributed by atoms with E-state index in [0.29, 0.717) is 5.41 Å². The van der Waals surface area contributed by atoms with Crippen molar-refractivity contribution in [2.75, 3.05) is 26.2 Å². The monoisotopic (exact) mass is 312 g/mol. The Hall–Kier alpha value is -0.580. The van der Waals surface area contributed by atoms with E-state index in [1.54, 1.807) is 0 Å². The summed E-state index contributed by atoms with van der Waals surface area (Å²) >= 11 is 0. The number of aromatic nitrogens is 2. The molecule has 3 heterocycles. The lowest BCUT2D eigenvalue weighted by atomic mass is 9.78. The molecule has 21 heavy (non-hydrogen) atoms. The highest BCUT2D eigenvalue weighted by Gasteiger charge is 2.38. The molecule has 5 heteroatoms. The number of nitrogens with one attached hydrogen (secondary N) is 1. The van der Waals surface area contributed by atoms with E-state index in [9.17, 15) is 0 Å². The first-order valence-corrected chi connectivity index (χ1v) is 8.09. The Morgan fingerprint density at radius 3 is 2.52 bits per heavy atom. The zero-order valence-electron chi connectivity index (χ0n) is 13.6. The molecule has 2 aliphatic rings. The van der Waals surface area contributed by atoms with Gasteiger partial charge in [0.1, 0.15) is 0 Å². The van der Waals surface area contributed by atoms with Crippen LogP contribution in [0.1, 0.15) is 43.1 Å². The SMILES string of the molecule is CCn1nc(C)c(CN2CCC3(CCNCC3)C2)c1C.Cl. The van der Waals surface area contributed by atoms with Crippen LogP contribution in [0.3, 0.4) is 0 Å². The Morgan fingerprint density at radius 1 is 1.19 bits per heavy atom. The summed E-state index contributed by atoms with van der Waals surface area (Å²) in [4.78, 5) is 2.66. The van der Waals surface area contributed by atoms with Crippen LogP contribution in [-0.2, 0) is 13.1 Å². The largest absolute Gasteiger partial charge is 0.317 e. The number of halogens is 1. The van der Waals surface area contributed by atoms with Crippen LogP contribution in [0.15, 0.2) is 0 Å². The van der Waals surface area contributed by atoms with E-state index in [1.807, 2.05) is 0 Å². The van der Waals surface area contributed by atoms with Gasteiger partial charge in [0.15, 0.2) is 0 Å². The standard InChI is InChI=1S/C16H28N4.ClH/c1-4-20-14(3)15(13(2)18-20)11-19-10-7-16(12-19)5-8-17-9-6-16;/h17H,4-12H2,1-3H3;1H. The molecule has 0 aromatic carbocycles. The van der Waals surface area contributed by atoms with Gasteiger partial charge in [-0.3, -0.25) is 9.58 Å². The van der Waals surface area contributed by atoms with E-state index in [2.05, 4.69) is 40.8 Å². The van der Waals surface area contributed by atoms with Crippen molar-refractivity contribution in [2.45, 2.75) is 53.1 Å². The second-order valence-electron chi connectivity index (χ2n) is 6.68. The third-order valence-corrected chi connectivity index (χ3v) is 5.39. The topological polar surface area (TPSA) is 33.1 Å². The van der Waals surface area contributed by atoms with E-state index >= 15 is 0 Å². The van der Waals surface area contributed by atoms with E-state index in [-0.39, 0.29) is 12.4 Å². The molecule has 1 spiro atoms. The van der Waals surface area contributed by atoms with Gasteiger partial charge in [0.25, 0.3) is 0 Å². The van der Waals surface area contributed by atoms with Crippen molar-refractivity contribution in [1.82, 2.24) is 20.0 Å². The van der Waals surface area contributed by atoms with E-state index in [4.69, 9.17) is 0 Å². The van der Waals surface area contributed by atoms with Crippen molar-refractivity contribution in [3.8, 4) is 0 Å². The Kier molecular flexibility index (Phi) is 5.33. The molecule has 0 amide bonds. The summed E-state index contributed by atoms with van der Waals surface area (Å²) in [6, 6.07) is 0. The molecule has 2 saturated heterocycles. The Bertz CT molecular complexity index is 477. The number of hydrogen-bond donors (Lipinski definition) is 1. The van der Waals surface area contributed by atoms with Crippen molar-refractivity contribution < 1.29 is 0 Å². The maximum Gasteiger partial charge on any atom is 0.0641 e.